The Bertz CT molecular complexity index is 1390. The van der Waals surface area contributed by atoms with E-state index in [4.69, 9.17) is 23.4 Å². The van der Waals surface area contributed by atoms with Gasteiger partial charge in [0, 0.05) is 17.5 Å². The Kier molecular flexibility index (Phi) is 6.77. The predicted octanol–water partition coefficient (Wildman–Crippen LogP) is 4.97. The van der Waals surface area contributed by atoms with Crippen LogP contribution in [-0.2, 0) is 0 Å². The maximum Gasteiger partial charge on any atom is 0.293 e. The van der Waals surface area contributed by atoms with Crippen molar-refractivity contribution in [1.29, 1.82) is 0 Å². The minimum atomic E-state index is -0.568. The average molecular weight is 476 g/mol. The zero-order valence-electron chi connectivity index (χ0n) is 19.6. The Balaban J connectivity index is 1.70. The molecular weight excluding hydrogens is 452 g/mol. The summed E-state index contributed by atoms with van der Waals surface area (Å²) in [5.74, 6) is 0.732. The maximum absolute atomic E-state index is 13.3. The molecule has 0 unspecified atom stereocenters. The van der Waals surface area contributed by atoms with Gasteiger partial charge in [-0.3, -0.25) is 9.59 Å². The number of furan rings is 1. The van der Waals surface area contributed by atoms with Gasteiger partial charge in [0.1, 0.15) is 34.3 Å². The van der Waals surface area contributed by atoms with E-state index in [1.807, 2.05) is 0 Å². The molecular formula is C26H24N2O7. The second-order valence-corrected chi connectivity index (χ2v) is 7.34. The van der Waals surface area contributed by atoms with Crippen molar-refractivity contribution in [2.75, 3.05) is 39.1 Å². The number of methoxy groups -OCH3 is 4. The molecule has 180 valence electrons. The summed E-state index contributed by atoms with van der Waals surface area (Å²) in [6.07, 6.45) is 0. The van der Waals surface area contributed by atoms with Gasteiger partial charge in [0.15, 0.2) is 0 Å². The summed E-state index contributed by atoms with van der Waals surface area (Å²) in [6, 6.07) is 16.8. The van der Waals surface area contributed by atoms with Crippen molar-refractivity contribution >= 4 is 34.2 Å². The minimum Gasteiger partial charge on any atom is -0.497 e. The number of hydrogen-bond acceptors (Lipinski definition) is 7. The van der Waals surface area contributed by atoms with E-state index in [0.717, 1.165) is 0 Å². The van der Waals surface area contributed by atoms with Crippen molar-refractivity contribution in [2.45, 2.75) is 0 Å². The van der Waals surface area contributed by atoms with Crippen molar-refractivity contribution in [3.05, 3.63) is 72.0 Å². The van der Waals surface area contributed by atoms with Crippen LogP contribution in [0.3, 0.4) is 0 Å². The Morgan fingerprint density at radius 3 is 2.06 bits per heavy atom. The molecule has 0 spiro atoms. The van der Waals surface area contributed by atoms with E-state index >= 15 is 0 Å². The fourth-order valence-corrected chi connectivity index (χ4v) is 3.58. The minimum absolute atomic E-state index is 0.0649. The molecule has 2 amide bonds. The number of benzene rings is 3. The molecule has 0 bridgehead atoms. The third kappa shape index (κ3) is 4.70. The average Bonchev–Trinajstić information content (AvgIpc) is 3.26. The molecule has 1 aromatic heterocycles. The number of amides is 2. The van der Waals surface area contributed by atoms with Crippen LogP contribution in [-0.4, -0.2) is 40.3 Å². The molecule has 9 nitrogen and oxygen atoms in total. The zero-order valence-corrected chi connectivity index (χ0v) is 19.6. The number of carbonyl (C=O) groups is 2. The van der Waals surface area contributed by atoms with Gasteiger partial charge in [-0.2, -0.15) is 0 Å². The van der Waals surface area contributed by atoms with Crippen LogP contribution in [0.4, 0.5) is 11.4 Å². The number of rotatable bonds is 8. The first-order valence-corrected chi connectivity index (χ1v) is 10.6. The van der Waals surface area contributed by atoms with Gasteiger partial charge in [-0.1, -0.05) is 12.1 Å². The summed E-state index contributed by atoms with van der Waals surface area (Å²) in [5, 5.41) is 6.15. The molecule has 0 atom stereocenters. The summed E-state index contributed by atoms with van der Waals surface area (Å²) in [6.45, 7) is 0. The molecule has 0 radical (unpaired) electrons. The van der Waals surface area contributed by atoms with Crippen molar-refractivity contribution in [3.8, 4) is 23.0 Å². The number of ether oxygens (including phenoxy) is 4. The van der Waals surface area contributed by atoms with Gasteiger partial charge in [-0.25, -0.2) is 0 Å². The van der Waals surface area contributed by atoms with Gasteiger partial charge in [0.25, 0.3) is 11.8 Å². The maximum atomic E-state index is 13.3. The molecule has 0 aliphatic carbocycles. The SMILES string of the molecule is COc1ccc(NC(=O)c2oc3ccccc3c2NC(=O)c2ccc(OC)cc2OC)c(OC)c1. The molecule has 0 saturated carbocycles. The number of carbonyl (C=O) groups excluding carboxylic acids is 2. The highest BCUT2D eigenvalue weighted by molar-refractivity contribution is 6.17. The van der Waals surface area contributed by atoms with E-state index in [2.05, 4.69) is 10.6 Å². The smallest absolute Gasteiger partial charge is 0.293 e. The number of para-hydroxylation sites is 1. The van der Waals surface area contributed by atoms with Crippen LogP contribution in [0.1, 0.15) is 20.9 Å². The van der Waals surface area contributed by atoms with Crippen LogP contribution in [0.5, 0.6) is 23.0 Å². The molecule has 0 aliphatic rings. The lowest BCUT2D eigenvalue weighted by atomic mass is 10.1. The van der Waals surface area contributed by atoms with Crippen LogP contribution < -0.4 is 29.6 Å². The van der Waals surface area contributed by atoms with Crippen molar-refractivity contribution < 1.29 is 33.0 Å². The quantitative estimate of drug-likeness (QED) is 0.370. The van der Waals surface area contributed by atoms with E-state index in [1.54, 1.807) is 60.7 Å². The van der Waals surface area contributed by atoms with Crippen LogP contribution >= 0.6 is 0 Å². The molecule has 1 heterocycles. The van der Waals surface area contributed by atoms with Crippen LogP contribution in [0.15, 0.2) is 65.1 Å². The fraction of sp³-hybridized carbons (Fsp3) is 0.154. The Labute approximate surface area is 201 Å². The van der Waals surface area contributed by atoms with E-state index < -0.39 is 11.8 Å². The van der Waals surface area contributed by atoms with Gasteiger partial charge in [-0.15, -0.1) is 0 Å². The molecule has 35 heavy (non-hydrogen) atoms. The Morgan fingerprint density at radius 2 is 1.37 bits per heavy atom. The van der Waals surface area contributed by atoms with E-state index in [-0.39, 0.29) is 17.0 Å². The summed E-state index contributed by atoms with van der Waals surface area (Å²) in [5.41, 5.74) is 1.35. The lowest BCUT2D eigenvalue weighted by molar-refractivity contribution is 0.0999. The first kappa shape index (κ1) is 23.5. The summed E-state index contributed by atoms with van der Waals surface area (Å²) < 4.78 is 26.9. The van der Waals surface area contributed by atoms with Gasteiger partial charge in [-0.05, 0) is 36.4 Å². The highest BCUT2D eigenvalue weighted by Gasteiger charge is 2.25. The Hall–Kier alpha value is -4.66. The molecule has 0 fully saturated rings. The lowest BCUT2D eigenvalue weighted by Gasteiger charge is -2.12. The number of anilines is 2. The number of hydrogen-bond donors (Lipinski definition) is 2. The first-order chi connectivity index (χ1) is 17.0. The van der Waals surface area contributed by atoms with Crippen LogP contribution in [0.25, 0.3) is 11.0 Å². The first-order valence-electron chi connectivity index (χ1n) is 10.6. The van der Waals surface area contributed by atoms with E-state index in [9.17, 15) is 9.59 Å². The second-order valence-electron chi connectivity index (χ2n) is 7.34. The molecule has 2 N–H and O–H groups in total. The van der Waals surface area contributed by atoms with Gasteiger partial charge >= 0.3 is 0 Å². The van der Waals surface area contributed by atoms with Crippen molar-refractivity contribution in [1.82, 2.24) is 0 Å². The summed E-state index contributed by atoms with van der Waals surface area (Å²) in [4.78, 5) is 26.5. The fourth-order valence-electron chi connectivity index (χ4n) is 3.58. The predicted molar refractivity (Wildman–Crippen MR) is 131 cm³/mol. The standard InChI is InChI=1S/C26H24N2O7/c1-31-15-9-11-18(21(13-15)33-3)25(29)28-23-17-7-5-6-8-20(17)35-24(23)26(30)27-19-12-10-16(32-2)14-22(19)34-4/h5-14H,1-4H3,(H,27,30)(H,28,29). The number of nitrogens with one attached hydrogen (secondary N) is 2. The van der Waals surface area contributed by atoms with E-state index in [1.165, 1.54) is 28.4 Å². The third-order valence-electron chi connectivity index (χ3n) is 5.35. The van der Waals surface area contributed by atoms with Crippen molar-refractivity contribution in [2.24, 2.45) is 0 Å². The lowest BCUT2D eigenvalue weighted by Crippen LogP contribution is -2.18. The highest BCUT2D eigenvalue weighted by Crippen LogP contribution is 2.35. The third-order valence-corrected chi connectivity index (χ3v) is 5.35. The summed E-state index contributed by atoms with van der Waals surface area (Å²) >= 11 is 0. The summed E-state index contributed by atoms with van der Waals surface area (Å²) in [7, 11) is 6.00. The second kappa shape index (κ2) is 10.1. The van der Waals surface area contributed by atoms with Crippen LogP contribution in [0.2, 0.25) is 0 Å². The molecule has 0 saturated heterocycles. The highest BCUT2D eigenvalue weighted by atomic mass is 16.5. The van der Waals surface area contributed by atoms with Crippen LogP contribution in [0, 0.1) is 0 Å². The molecule has 3 aromatic carbocycles. The largest absolute Gasteiger partial charge is 0.497 e. The molecule has 9 heteroatoms. The molecule has 4 aromatic rings. The topological polar surface area (TPSA) is 108 Å². The van der Waals surface area contributed by atoms with Crippen molar-refractivity contribution in [3.63, 3.8) is 0 Å². The van der Waals surface area contributed by atoms with E-state index in [0.29, 0.717) is 39.7 Å². The normalized spacial score (nSPS) is 10.5. The molecule has 4 rings (SSSR count). The van der Waals surface area contributed by atoms with Gasteiger partial charge in [0.05, 0.1) is 39.7 Å². The monoisotopic (exact) mass is 476 g/mol. The molecule has 0 aliphatic heterocycles. The number of fused-ring (bicyclic) bond motifs is 1. The Morgan fingerprint density at radius 1 is 0.714 bits per heavy atom. The van der Waals surface area contributed by atoms with Gasteiger partial charge < -0.3 is 34.0 Å². The zero-order chi connectivity index (χ0) is 24.9. The van der Waals surface area contributed by atoms with Gasteiger partial charge in [0.2, 0.25) is 5.76 Å².